The van der Waals surface area contributed by atoms with E-state index in [-0.39, 0.29) is 0 Å². The summed E-state index contributed by atoms with van der Waals surface area (Å²) in [5, 5.41) is 3.45. The smallest absolute Gasteiger partial charge is 0.148 e. The lowest BCUT2D eigenvalue weighted by atomic mass is 9.98. The molecule has 5 heteroatoms. The van der Waals surface area contributed by atoms with Crippen LogP contribution in [0.4, 0.5) is 11.6 Å². The van der Waals surface area contributed by atoms with E-state index in [2.05, 4.69) is 41.5 Å². The maximum atomic E-state index is 5.55. The van der Waals surface area contributed by atoms with Crippen LogP contribution in [-0.2, 0) is 0 Å². The zero-order chi connectivity index (χ0) is 14.0. The monoisotopic (exact) mass is 263 g/mol. The Morgan fingerprint density at radius 3 is 2.37 bits per heavy atom. The average Bonchev–Trinajstić information content (AvgIpc) is 3.21. The summed E-state index contributed by atoms with van der Waals surface area (Å²) >= 11 is 0. The molecule has 0 radical (unpaired) electrons. The fraction of sp³-hybridized carbons (Fsp3) is 0.714. The van der Waals surface area contributed by atoms with Gasteiger partial charge in [0.1, 0.15) is 17.5 Å². The summed E-state index contributed by atoms with van der Waals surface area (Å²) in [5.41, 5.74) is 3.67. The standard InChI is InChI=1S/C14H25N5/c1-8(2)9(3)7-16-12-10(4)13(19-15)18-14(17-12)11-5-6-11/h8-9,11H,5-7,15H2,1-4H3,(H2,16,17,18,19). The van der Waals surface area contributed by atoms with Crippen molar-refractivity contribution < 1.29 is 0 Å². The summed E-state index contributed by atoms with van der Waals surface area (Å²) in [6, 6.07) is 0. The lowest BCUT2D eigenvalue weighted by Gasteiger charge is -2.18. The van der Waals surface area contributed by atoms with Crippen LogP contribution < -0.4 is 16.6 Å². The number of hydrogen-bond acceptors (Lipinski definition) is 5. The Morgan fingerprint density at radius 1 is 1.21 bits per heavy atom. The molecule has 1 fully saturated rings. The Bertz CT molecular complexity index is 440. The number of nitrogens with two attached hydrogens (primary N) is 1. The van der Waals surface area contributed by atoms with E-state index in [0.717, 1.165) is 29.6 Å². The molecule has 1 saturated carbocycles. The molecule has 2 rings (SSSR count). The first kappa shape index (κ1) is 14.1. The molecule has 1 unspecified atom stereocenters. The number of nitrogens with one attached hydrogen (secondary N) is 2. The molecule has 106 valence electrons. The largest absolute Gasteiger partial charge is 0.369 e. The lowest BCUT2D eigenvalue weighted by molar-refractivity contribution is 0.439. The fourth-order valence-corrected chi connectivity index (χ4v) is 1.86. The highest BCUT2D eigenvalue weighted by atomic mass is 15.3. The molecule has 5 nitrogen and oxygen atoms in total. The zero-order valence-corrected chi connectivity index (χ0v) is 12.3. The van der Waals surface area contributed by atoms with E-state index in [9.17, 15) is 0 Å². The quantitative estimate of drug-likeness (QED) is 0.543. The van der Waals surface area contributed by atoms with Crippen LogP contribution >= 0.6 is 0 Å². The van der Waals surface area contributed by atoms with Gasteiger partial charge in [-0.25, -0.2) is 15.8 Å². The van der Waals surface area contributed by atoms with Crippen molar-refractivity contribution in [2.75, 3.05) is 17.3 Å². The number of hydrazine groups is 1. The third kappa shape index (κ3) is 3.35. The molecule has 1 heterocycles. The van der Waals surface area contributed by atoms with Crippen molar-refractivity contribution in [1.29, 1.82) is 0 Å². The van der Waals surface area contributed by atoms with Gasteiger partial charge >= 0.3 is 0 Å². The summed E-state index contributed by atoms with van der Waals surface area (Å²) in [5.74, 6) is 9.89. The van der Waals surface area contributed by atoms with Gasteiger partial charge in [0.05, 0.1) is 0 Å². The molecule has 19 heavy (non-hydrogen) atoms. The minimum Gasteiger partial charge on any atom is -0.369 e. The predicted molar refractivity (Wildman–Crippen MR) is 79.0 cm³/mol. The summed E-state index contributed by atoms with van der Waals surface area (Å²) in [7, 11) is 0. The molecular formula is C14H25N5. The van der Waals surface area contributed by atoms with Crippen molar-refractivity contribution >= 4 is 11.6 Å². The summed E-state index contributed by atoms with van der Waals surface area (Å²) in [4.78, 5) is 9.14. The minimum absolute atomic E-state index is 0.524. The van der Waals surface area contributed by atoms with E-state index in [1.54, 1.807) is 0 Å². The Labute approximate surface area is 115 Å². The third-order valence-electron chi connectivity index (χ3n) is 3.97. The number of nitrogen functional groups attached to an aromatic ring is 1. The number of nitrogens with zero attached hydrogens (tertiary/aromatic N) is 2. The van der Waals surface area contributed by atoms with E-state index in [1.165, 1.54) is 12.8 Å². The molecule has 0 bridgehead atoms. The fourth-order valence-electron chi connectivity index (χ4n) is 1.86. The van der Waals surface area contributed by atoms with Gasteiger partial charge in [-0.05, 0) is 31.6 Å². The van der Waals surface area contributed by atoms with E-state index >= 15 is 0 Å². The second kappa shape index (κ2) is 5.74. The van der Waals surface area contributed by atoms with Gasteiger partial charge in [0.2, 0.25) is 0 Å². The molecule has 1 aliphatic rings. The highest BCUT2D eigenvalue weighted by Gasteiger charge is 2.28. The molecule has 1 aromatic heterocycles. The van der Waals surface area contributed by atoms with Crippen LogP contribution in [0.15, 0.2) is 0 Å². The van der Waals surface area contributed by atoms with E-state index in [0.29, 0.717) is 17.8 Å². The van der Waals surface area contributed by atoms with E-state index in [1.807, 2.05) is 6.92 Å². The van der Waals surface area contributed by atoms with Gasteiger partial charge in [0.25, 0.3) is 0 Å². The highest BCUT2D eigenvalue weighted by molar-refractivity contribution is 5.57. The van der Waals surface area contributed by atoms with Crippen LogP contribution in [0.2, 0.25) is 0 Å². The van der Waals surface area contributed by atoms with Crippen molar-refractivity contribution in [3.05, 3.63) is 11.4 Å². The molecule has 0 amide bonds. The first-order chi connectivity index (χ1) is 9.02. The molecule has 0 aromatic carbocycles. The summed E-state index contributed by atoms with van der Waals surface area (Å²) < 4.78 is 0. The SMILES string of the molecule is Cc1c(NN)nc(C2CC2)nc1NCC(C)C(C)C. The second-order valence-electron chi connectivity index (χ2n) is 5.92. The topological polar surface area (TPSA) is 75.9 Å². The van der Waals surface area contributed by atoms with Crippen LogP contribution in [-0.4, -0.2) is 16.5 Å². The average molecular weight is 263 g/mol. The Balaban J connectivity index is 2.15. The van der Waals surface area contributed by atoms with Gasteiger partial charge in [-0.2, -0.15) is 0 Å². The van der Waals surface area contributed by atoms with Gasteiger partial charge in [-0.1, -0.05) is 20.8 Å². The van der Waals surface area contributed by atoms with Gasteiger partial charge in [-0.3, -0.25) is 0 Å². The summed E-state index contributed by atoms with van der Waals surface area (Å²) in [6.45, 7) is 9.64. The van der Waals surface area contributed by atoms with Crippen LogP contribution in [0.5, 0.6) is 0 Å². The maximum Gasteiger partial charge on any atom is 0.148 e. The molecule has 1 aliphatic carbocycles. The predicted octanol–water partition coefficient (Wildman–Crippen LogP) is 2.65. The number of hydrogen-bond donors (Lipinski definition) is 3. The minimum atomic E-state index is 0.524. The van der Waals surface area contributed by atoms with Crippen LogP contribution in [0.3, 0.4) is 0 Å². The Hall–Kier alpha value is -1.36. The van der Waals surface area contributed by atoms with Gasteiger partial charge in [0, 0.05) is 18.0 Å². The van der Waals surface area contributed by atoms with Crippen molar-refractivity contribution in [3.8, 4) is 0 Å². The second-order valence-corrected chi connectivity index (χ2v) is 5.92. The van der Waals surface area contributed by atoms with Crippen LogP contribution in [0, 0.1) is 18.8 Å². The van der Waals surface area contributed by atoms with Gasteiger partial charge in [-0.15, -0.1) is 0 Å². The van der Waals surface area contributed by atoms with Crippen molar-refractivity contribution in [3.63, 3.8) is 0 Å². The molecule has 0 spiro atoms. The van der Waals surface area contributed by atoms with Crippen LogP contribution in [0.25, 0.3) is 0 Å². The first-order valence-corrected chi connectivity index (χ1v) is 7.12. The van der Waals surface area contributed by atoms with Crippen LogP contribution in [0.1, 0.15) is 50.9 Å². The summed E-state index contributed by atoms with van der Waals surface area (Å²) in [6.07, 6.45) is 2.38. The Kier molecular flexibility index (Phi) is 4.24. The van der Waals surface area contributed by atoms with Crippen molar-refractivity contribution in [1.82, 2.24) is 9.97 Å². The van der Waals surface area contributed by atoms with Gasteiger partial charge < -0.3 is 10.7 Å². The maximum absolute atomic E-state index is 5.55. The highest BCUT2D eigenvalue weighted by Crippen LogP contribution is 2.39. The lowest BCUT2D eigenvalue weighted by Crippen LogP contribution is -2.19. The van der Waals surface area contributed by atoms with Crippen molar-refractivity contribution in [2.24, 2.45) is 17.7 Å². The number of anilines is 2. The third-order valence-corrected chi connectivity index (χ3v) is 3.97. The molecule has 1 aromatic rings. The van der Waals surface area contributed by atoms with E-state index < -0.39 is 0 Å². The molecule has 0 aliphatic heterocycles. The van der Waals surface area contributed by atoms with E-state index in [4.69, 9.17) is 5.84 Å². The number of aromatic nitrogens is 2. The molecular weight excluding hydrogens is 238 g/mol. The van der Waals surface area contributed by atoms with Gasteiger partial charge in [0.15, 0.2) is 0 Å². The normalized spacial score (nSPS) is 16.5. The molecule has 4 N–H and O–H groups in total. The Morgan fingerprint density at radius 2 is 1.84 bits per heavy atom. The zero-order valence-electron chi connectivity index (χ0n) is 12.3. The molecule has 1 atom stereocenters. The first-order valence-electron chi connectivity index (χ1n) is 7.12. The number of rotatable bonds is 6. The molecule has 0 saturated heterocycles. The van der Waals surface area contributed by atoms with Crippen molar-refractivity contribution in [2.45, 2.75) is 46.5 Å².